The van der Waals surface area contributed by atoms with E-state index in [1.807, 2.05) is 23.9 Å². The zero-order valence-corrected chi connectivity index (χ0v) is 20.6. The molecule has 0 radical (unpaired) electrons. The smallest absolute Gasteiger partial charge is 0.405 e. The molecule has 7 nitrogen and oxygen atoms in total. The Hall–Kier alpha value is -3.40. The molecule has 1 N–H and O–H groups in total. The first-order valence-corrected chi connectivity index (χ1v) is 11.8. The van der Waals surface area contributed by atoms with Crippen molar-refractivity contribution in [3.8, 4) is 16.9 Å². The molecule has 0 saturated carbocycles. The van der Waals surface area contributed by atoms with Gasteiger partial charge >= 0.3 is 6.36 Å². The van der Waals surface area contributed by atoms with Crippen LogP contribution in [0.5, 0.6) is 5.75 Å². The van der Waals surface area contributed by atoms with Crippen LogP contribution in [0.4, 0.5) is 18.9 Å². The van der Waals surface area contributed by atoms with E-state index in [1.165, 1.54) is 30.3 Å². The van der Waals surface area contributed by atoms with Gasteiger partial charge in [0.1, 0.15) is 17.5 Å². The molecular formula is C25H26ClF3N4O3. The van der Waals surface area contributed by atoms with Crippen molar-refractivity contribution in [2.45, 2.75) is 31.7 Å². The number of hydrogen-bond acceptors (Lipinski definition) is 5. The van der Waals surface area contributed by atoms with Gasteiger partial charge in [0.15, 0.2) is 0 Å². The van der Waals surface area contributed by atoms with Gasteiger partial charge in [-0.1, -0.05) is 35.9 Å². The van der Waals surface area contributed by atoms with Crippen molar-refractivity contribution in [1.29, 1.82) is 0 Å². The second-order valence-electron chi connectivity index (χ2n) is 8.85. The van der Waals surface area contributed by atoms with Gasteiger partial charge in [-0.2, -0.15) is 0 Å². The molecule has 0 spiro atoms. The van der Waals surface area contributed by atoms with Crippen LogP contribution in [0.1, 0.15) is 19.3 Å². The molecule has 2 aromatic carbocycles. The van der Waals surface area contributed by atoms with Crippen molar-refractivity contribution < 1.29 is 27.5 Å². The molecule has 1 atom stereocenters. The van der Waals surface area contributed by atoms with Gasteiger partial charge in [-0.25, -0.2) is 0 Å². The largest absolute Gasteiger partial charge is 0.573 e. The number of anilines is 1. The van der Waals surface area contributed by atoms with Gasteiger partial charge in [0.2, 0.25) is 5.91 Å². The Morgan fingerprint density at radius 1 is 1.08 bits per heavy atom. The molecule has 0 bridgehead atoms. The van der Waals surface area contributed by atoms with E-state index in [-0.39, 0.29) is 28.1 Å². The zero-order valence-electron chi connectivity index (χ0n) is 19.8. The lowest BCUT2D eigenvalue weighted by Crippen LogP contribution is -2.51. The van der Waals surface area contributed by atoms with Crippen LogP contribution in [0.2, 0.25) is 5.02 Å². The minimum Gasteiger partial charge on any atom is -0.405 e. The van der Waals surface area contributed by atoms with Gasteiger partial charge < -0.3 is 24.8 Å². The summed E-state index contributed by atoms with van der Waals surface area (Å²) in [5.74, 6) is -0.921. The molecule has 1 saturated heterocycles. The van der Waals surface area contributed by atoms with Crippen molar-refractivity contribution >= 4 is 29.1 Å². The van der Waals surface area contributed by atoms with E-state index in [9.17, 15) is 22.8 Å². The van der Waals surface area contributed by atoms with Crippen LogP contribution in [0.3, 0.4) is 0 Å². The molecule has 2 amide bonds. The van der Waals surface area contributed by atoms with Crippen LogP contribution in [0, 0.1) is 0 Å². The summed E-state index contributed by atoms with van der Waals surface area (Å²) in [5, 5.41) is 2.95. The summed E-state index contributed by atoms with van der Waals surface area (Å²) in [6.07, 6.45) is -0.934. The van der Waals surface area contributed by atoms with Gasteiger partial charge in [-0.15, -0.1) is 13.2 Å². The van der Waals surface area contributed by atoms with Crippen molar-refractivity contribution in [3.05, 3.63) is 59.4 Å². The SMILES string of the molecule is CN1C=C(C(=O)N2CCCCC2C(=O)Nc2ccc(-c3ccccc3OC(F)(F)F)c(Cl)c2)N(C)C1. The summed E-state index contributed by atoms with van der Waals surface area (Å²) >= 11 is 6.40. The number of likely N-dealkylation sites (tertiary alicyclic amines) is 1. The van der Waals surface area contributed by atoms with Crippen LogP contribution < -0.4 is 10.1 Å². The Kier molecular flexibility index (Phi) is 7.35. The predicted octanol–water partition coefficient (Wildman–Crippen LogP) is 4.90. The van der Waals surface area contributed by atoms with Gasteiger partial charge in [0, 0.05) is 43.7 Å². The highest BCUT2D eigenvalue weighted by molar-refractivity contribution is 6.33. The van der Waals surface area contributed by atoms with Crippen LogP contribution in [-0.2, 0) is 9.59 Å². The van der Waals surface area contributed by atoms with Crippen molar-refractivity contribution in [3.63, 3.8) is 0 Å². The van der Waals surface area contributed by atoms with E-state index >= 15 is 0 Å². The minimum absolute atomic E-state index is 0.142. The number of likely N-dealkylation sites (N-methyl/N-ethyl adjacent to an activating group) is 1. The number of amides is 2. The third-order valence-corrected chi connectivity index (χ3v) is 6.43. The number of nitrogens with zero attached hydrogens (tertiary/aromatic N) is 3. The maximum atomic E-state index is 13.2. The highest BCUT2D eigenvalue weighted by Gasteiger charge is 2.36. The summed E-state index contributed by atoms with van der Waals surface area (Å²) in [6.45, 7) is 1.06. The van der Waals surface area contributed by atoms with Crippen molar-refractivity contribution in [1.82, 2.24) is 14.7 Å². The molecular weight excluding hydrogens is 497 g/mol. The highest BCUT2D eigenvalue weighted by Crippen LogP contribution is 2.38. The van der Waals surface area contributed by atoms with E-state index < -0.39 is 12.4 Å². The quantitative estimate of drug-likeness (QED) is 0.605. The molecule has 2 aromatic rings. The fraction of sp³-hybridized carbons (Fsp3) is 0.360. The second kappa shape index (κ2) is 10.3. The first kappa shape index (κ1) is 25.7. The lowest BCUT2D eigenvalue weighted by atomic mass is 10.0. The number of alkyl halides is 3. The maximum Gasteiger partial charge on any atom is 0.573 e. The average molecular weight is 523 g/mol. The van der Waals surface area contributed by atoms with Crippen LogP contribution in [0.15, 0.2) is 54.4 Å². The Morgan fingerprint density at radius 2 is 1.83 bits per heavy atom. The summed E-state index contributed by atoms with van der Waals surface area (Å²) in [7, 11) is 3.70. The first-order valence-electron chi connectivity index (χ1n) is 11.4. The number of carbonyl (C=O) groups excluding carboxylic acids is 2. The lowest BCUT2D eigenvalue weighted by molar-refractivity contribution is -0.274. The van der Waals surface area contributed by atoms with Gasteiger partial charge in [0.05, 0.1) is 11.7 Å². The Balaban J connectivity index is 1.52. The number of carbonyl (C=O) groups is 2. The molecule has 1 fully saturated rings. The van der Waals surface area contributed by atoms with Crippen molar-refractivity contribution in [2.24, 2.45) is 0 Å². The van der Waals surface area contributed by atoms with E-state index in [4.69, 9.17) is 11.6 Å². The summed E-state index contributed by atoms with van der Waals surface area (Å²) in [5.41, 5.74) is 1.40. The third-order valence-electron chi connectivity index (χ3n) is 6.11. The molecule has 4 rings (SSSR count). The standard InChI is InChI=1S/C25H26ClF3N4O3/c1-31-14-21(32(2)15-31)24(35)33-12-6-5-8-20(33)23(34)30-16-10-11-17(19(26)13-16)18-7-3-4-9-22(18)36-25(27,28)29/h3-4,7,9-11,13-14,20H,5-6,8,12,15H2,1-2H3,(H,30,34). The molecule has 192 valence electrons. The Labute approximate surface area is 212 Å². The summed E-state index contributed by atoms with van der Waals surface area (Å²) in [6, 6.07) is 9.59. The molecule has 36 heavy (non-hydrogen) atoms. The monoisotopic (exact) mass is 522 g/mol. The molecule has 11 heteroatoms. The van der Waals surface area contributed by atoms with Crippen molar-refractivity contribution in [2.75, 3.05) is 32.6 Å². The Bertz CT molecular complexity index is 1190. The number of ether oxygens (including phenoxy) is 1. The first-order chi connectivity index (χ1) is 17.0. The molecule has 2 aliphatic rings. The number of benzene rings is 2. The number of hydrogen-bond donors (Lipinski definition) is 1. The fourth-order valence-corrected chi connectivity index (χ4v) is 4.79. The number of halogens is 4. The van der Waals surface area contributed by atoms with E-state index in [1.54, 1.807) is 23.2 Å². The fourth-order valence-electron chi connectivity index (χ4n) is 4.51. The van der Waals surface area contributed by atoms with Gasteiger partial charge in [-0.05, 0) is 37.5 Å². The van der Waals surface area contributed by atoms with E-state index in [2.05, 4.69) is 10.1 Å². The molecule has 0 aliphatic carbocycles. The molecule has 2 heterocycles. The number of rotatable bonds is 5. The summed E-state index contributed by atoms with van der Waals surface area (Å²) in [4.78, 5) is 31.7. The predicted molar refractivity (Wildman–Crippen MR) is 130 cm³/mol. The Morgan fingerprint density at radius 3 is 2.50 bits per heavy atom. The maximum absolute atomic E-state index is 13.2. The normalized spacial score (nSPS) is 18.2. The van der Waals surface area contributed by atoms with Gasteiger partial charge in [-0.3, -0.25) is 9.59 Å². The second-order valence-corrected chi connectivity index (χ2v) is 9.26. The van der Waals surface area contributed by atoms with Gasteiger partial charge in [0.25, 0.3) is 5.91 Å². The molecule has 1 unspecified atom stereocenters. The van der Waals surface area contributed by atoms with Crippen LogP contribution in [0.25, 0.3) is 11.1 Å². The zero-order chi connectivity index (χ0) is 26.0. The number of para-hydroxylation sites is 1. The topological polar surface area (TPSA) is 65.1 Å². The lowest BCUT2D eigenvalue weighted by Gasteiger charge is -2.35. The molecule has 0 aromatic heterocycles. The van der Waals surface area contributed by atoms with E-state index in [0.29, 0.717) is 36.6 Å². The summed E-state index contributed by atoms with van der Waals surface area (Å²) < 4.78 is 42.6. The number of piperidine rings is 1. The average Bonchev–Trinajstić information content (AvgIpc) is 3.16. The van der Waals surface area contributed by atoms with Crippen LogP contribution in [-0.4, -0.2) is 66.2 Å². The van der Waals surface area contributed by atoms with E-state index in [0.717, 1.165) is 12.8 Å². The minimum atomic E-state index is -4.85. The third kappa shape index (κ3) is 5.70. The molecule has 2 aliphatic heterocycles. The van der Waals surface area contributed by atoms with Crippen LogP contribution >= 0.6 is 11.6 Å². The highest BCUT2D eigenvalue weighted by atomic mass is 35.5. The number of nitrogens with one attached hydrogen (secondary N) is 1.